The van der Waals surface area contributed by atoms with Gasteiger partial charge in [0.1, 0.15) is 6.54 Å². The summed E-state index contributed by atoms with van der Waals surface area (Å²) >= 11 is 0. The molecule has 0 aliphatic rings. The van der Waals surface area contributed by atoms with Crippen LogP contribution < -0.4 is 10.6 Å². The van der Waals surface area contributed by atoms with E-state index in [0.717, 1.165) is 11.1 Å². The van der Waals surface area contributed by atoms with Crippen LogP contribution in [0.25, 0.3) is 0 Å². The smallest absolute Gasteiger partial charge is 0.395 e. The van der Waals surface area contributed by atoms with Gasteiger partial charge in [-0.05, 0) is 30.7 Å². The van der Waals surface area contributed by atoms with E-state index in [1.807, 2.05) is 0 Å². The van der Waals surface area contributed by atoms with Crippen LogP contribution in [-0.4, -0.2) is 30.5 Å². The van der Waals surface area contributed by atoms with Gasteiger partial charge in [0.2, 0.25) is 0 Å². The molecule has 7 heteroatoms. The zero-order valence-electron chi connectivity index (χ0n) is 11.3. The van der Waals surface area contributed by atoms with Gasteiger partial charge in [-0.15, -0.1) is 0 Å². The number of rotatable bonds is 3. The van der Waals surface area contributed by atoms with Gasteiger partial charge in [-0.2, -0.15) is 13.2 Å². The predicted molar refractivity (Wildman–Crippen MR) is 72.8 cm³/mol. The molecule has 1 rings (SSSR count). The average molecular weight is 300 g/mol. The Balaban J connectivity index is 2.64. The molecule has 1 aromatic rings. The molecule has 0 saturated carbocycles. The summed E-state index contributed by atoms with van der Waals surface area (Å²) in [4.78, 5) is 11.3. The van der Waals surface area contributed by atoms with E-state index in [2.05, 4.69) is 17.2 Å². The summed E-state index contributed by atoms with van der Waals surface area (Å²) in [6.07, 6.45) is -4.08. The lowest BCUT2D eigenvalue weighted by atomic mass is 10.1. The minimum absolute atomic E-state index is 0.0228. The molecule has 0 saturated heterocycles. The maximum Gasteiger partial charge on any atom is 0.405 e. The molecule has 21 heavy (non-hydrogen) atoms. The van der Waals surface area contributed by atoms with Crippen LogP contribution in [-0.2, 0) is 0 Å². The van der Waals surface area contributed by atoms with E-state index >= 15 is 0 Å². The van der Waals surface area contributed by atoms with Gasteiger partial charge < -0.3 is 15.7 Å². The number of amides is 2. The molecular weight excluding hydrogens is 285 g/mol. The zero-order chi connectivity index (χ0) is 15.9. The molecule has 0 heterocycles. The molecule has 0 radical (unpaired) electrons. The van der Waals surface area contributed by atoms with Gasteiger partial charge in [-0.3, -0.25) is 0 Å². The van der Waals surface area contributed by atoms with E-state index in [1.54, 1.807) is 30.4 Å². The third-order valence-electron chi connectivity index (χ3n) is 2.39. The molecule has 114 valence electrons. The number of aliphatic hydroxyl groups is 1. The number of benzene rings is 1. The molecule has 2 amide bonds. The summed E-state index contributed by atoms with van der Waals surface area (Å²) in [6.45, 7) is 0.357. The fraction of sp³-hybridized carbons (Fsp3) is 0.357. The Labute approximate surface area is 120 Å². The number of alkyl halides is 3. The van der Waals surface area contributed by atoms with E-state index in [-0.39, 0.29) is 6.61 Å². The Morgan fingerprint density at radius 2 is 2.10 bits per heavy atom. The zero-order valence-corrected chi connectivity index (χ0v) is 11.3. The standard InChI is InChI=1S/C14H15F3N2O2/c1-10-8-12(6-5-11(10)4-2-3-7-20)19-13(21)18-9-14(15,16)17/h5-6,8,20H,3,7,9H2,1H3,(H2,18,19,21). The number of urea groups is 1. The number of halogens is 3. The quantitative estimate of drug-likeness (QED) is 0.751. The highest BCUT2D eigenvalue weighted by Gasteiger charge is 2.27. The summed E-state index contributed by atoms with van der Waals surface area (Å²) in [5.41, 5.74) is 1.87. The minimum Gasteiger partial charge on any atom is -0.395 e. The molecule has 0 fully saturated rings. The number of nitrogens with one attached hydrogen (secondary N) is 2. The van der Waals surface area contributed by atoms with Crippen molar-refractivity contribution in [2.24, 2.45) is 0 Å². The monoisotopic (exact) mass is 300 g/mol. The van der Waals surface area contributed by atoms with Crippen LogP contribution in [0.5, 0.6) is 0 Å². The van der Waals surface area contributed by atoms with Crippen LogP contribution >= 0.6 is 0 Å². The van der Waals surface area contributed by atoms with Gasteiger partial charge in [-0.1, -0.05) is 11.8 Å². The van der Waals surface area contributed by atoms with Crippen molar-refractivity contribution >= 4 is 11.7 Å². The molecule has 1 aromatic carbocycles. The number of aryl methyl sites for hydroxylation is 1. The van der Waals surface area contributed by atoms with Crippen molar-refractivity contribution < 1.29 is 23.1 Å². The second kappa shape index (κ2) is 7.55. The molecule has 0 atom stereocenters. The van der Waals surface area contributed by atoms with Crippen LogP contribution in [0.15, 0.2) is 18.2 Å². The number of aliphatic hydroxyl groups excluding tert-OH is 1. The summed E-state index contributed by atoms with van der Waals surface area (Å²) in [7, 11) is 0. The van der Waals surface area contributed by atoms with Gasteiger partial charge in [0.15, 0.2) is 0 Å². The number of hydrogen-bond donors (Lipinski definition) is 3. The normalized spacial score (nSPS) is 10.5. The number of carbonyl (C=O) groups is 1. The Morgan fingerprint density at radius 3 is 2.67 bits per heavy atom. The van der Waals surface area contributed by atoms with Gasteiger partial charge in [-0.25, -0.2) is 4.79 Å². The Hall–Kier alpha value is -2.20. The highest BCUT2D eigenvalue weighted by atomic mass is 19.4. The van der Waals surface area contributed by atoms with Crippen LogP contribution in [0, 0.1) is 18.8 Å². The van der Waals surface area contributed by atoms with Gasteiger partial charge >= 0.3 is 12.2 Å². The lowest BCUT2D eigenvalue weighted by Crippen LogP contribution is -2.36. The fourth-order valence-electron chi connectivity index (χ4n) is 1.45. The highest BCUT2D eigenvalue weighted by Crippen LogP contribution is 2.15. The molecule has 0 spiro atoms. The van der Waals surface area contributed by atoms with Gasteiger partial charge in [0.05, 0.1) is 6.61 Å². The minimum atomic E-state index is -4.45. The van der Waals surface area contributed by atoms with Crippen molar-refractivity contribution in [1.29, 1.82) is 0 Å². The molecule has 3 N–H and O–H groups in total. The molecule has 0 bridgehead atoms. The summed E-state index contributed by atoms with van der Waals surface area (Å²) in [5.74, 6) is 5.62. The molecular formula is C14H15F3N2O2. The van der Waals surface area contributed by atoms with Crippen molar-refractivity contribution in [1.82, 2.24) is 5.32 Å². The first-order valence-corrected chi connectivity index (χ1v) is 6.14. The average Bonchev–Trinajstić information content (AvgIpc) is 2.38. The topological polar surface area (TPSA) is 61.4 Å². The lowest BCUT2D eigenvalue weighted by Gasteiger charge is -2.10. The summed E-state index contributed by atoms with van der Waals surface area (Å²) in [6, 6.07) is 3.88. The van der Waals surface area contributed by atoms with E-state index < -0.39 is 18.8 Å². The van der Waals surface area contributed by atoms with Crippen molar-refractivity contribution in [2.45, 2.75) is 19.5 Å². The molecule has 0 aliphatic heterocycles. The van der Waals surface area contributed by atoms with Gasteiger partial charge in [0, 0.05) is 17.7 Å². The third kappa shape index (κ3) is 6.68. The molecule has 0 aromatic heterocycles. The Kier molecular flexibility index (Phi) is 6.06. The predicted octanol–water partition coefficient (Wildman–Crippen LogP) is 2.41. The van der Waals surface area contributed by atoms with Crippen molar-refractivity contribution in [3.8, 4) is 11.8 Å². The molecule has 0 unspecified atom stereocenters. The highest BCUT2D eigenvalue weighted by molar-refractivity contribution is 5.89. The third-order valence-corrected chi connectivity index (χ3v) is 2.39. The largest absolute Gasteiger partial charge is 0.405 e. The van der Waals surface area contributed by atoms with Crippen LogP contribution in [0.2, 0.25) is 0 Å². The Morgan fingerprint density at radius 1 is 1.38 bits per heavy atom. The van der Waals surface area contributed by atoms with Gasteiger partial charge in [0.25, 0.3) is 0 Å². The first kappa shape index (κ1) is 16.9. The molecule has 0 aliphatic carbocycles. The second-order valence-corrected chi connectivity index (χ2v) is 4.23. The van der Waals surface area contributed by atoms with E-state index in [1.165, 1.54) is 0 Å². The first-order valence-electron chi connectivity index (χ1n) is 6.14. The SMILES string of the molecule is Cc1cc(NC(=O)NCC(F)(F)F)ccc1C#CCCO. The van der Waals surface area contributed by atoms with Crippen LogP contribution in [0.3, 0.4) is 0 Å². The van der Waals surface area contributed by atoms with Crippen molar-refractivity contribution in [2.75, 3.05) is 18.5 Å². The van der Waals surface area contributed by atoms with Crippen molar-refractivity contribution in [3.63, 3.8) is 0 Å². The molecule has 4 nitrogen and oxygen atoms in total. The summed E-state index contributed by atoms with van der Waals surface area (Å²) in [5, 5.41) is 12.7. The van der Waals surface area contributed by atoms with Crippen LogP contribution in [0.4, 0.5) is 23.7 Å². The fourth-order valence-corrected chi connectivity index (χ4v) is 1.45. The second-order valence-electron chi connectivity index (χ2n) is 4.23. The Bertz CT molecular complexity index is 560. The number of anilines is 1. The van der Waals surface area contributed by atoms with Crippen molar-refractivity contribution in [3.05, 3.63) is 29.3 Å². The lowest BCUT2D eigenvalue weighted by molar-refractivity contribution is -0.122. The van der Waals surface area contributed by atoms with E-state index in [0.29, 0.717) is 12.1 Å². The number of carbonyl (C=O) groups excluding carboxylic acids is 1. The van der Waals surface area contributed by atoms with E-state index in [4.69, 9.17) is 5.11 Å². The summed E-state index contributed by atoms with van der Waals surface area (Å²) < 4.78 is 35.8. The maximum absolute atomic E-state index is 11.9. The number of hydrogen-bond acceptors (Lipinski definition) is 2. The maximum atomic E-state index is 11.9. The van der Waals surface area contributed by atoms with E-state index in [9.17, 15) is 18.0 Å². The van der Waals surface area contributed by atoms with Crippen LogP contribution in [0.1, 0.15) is 17.5 Å². The first-order chi connectivity index (χ1) is 9.81.